The number of allylic oxidation sites excluding steroid dienone is 1. The van der Waals surface area contributed by atoms with Crippen LogP contribution in [0.5, 0.6) is 0 Å². The molecule has 0 aliphatic heterocycles. The second kappa shape index (κ2) is 3.85. The number of rotatable bonds is 1. The molecule has 0 fully saturated rings. The Labute approximate surface area is 87.7 Å². The molecule has 0 bridgehead atoms. The van der Waals surface area contributed by atoms with E-state index in [1.807, 2.05) is 6.07 Å². The molecule has 1 aromatic heterocycles. The van der Waals surface area contributed by atoms with Crippen molar-refractivity contribution in [2.24, 2.45) is 5.73 Å². The molecule has 1 aromatic rings. The molecule has 3 heteroatoms. The van der Waals surface area contributed by atoms with Crippen LogP contribution in [0.25, 0.3) is 5.70 Å². The largest absolute Gasteiger partial charge is 0.398 e. The van der Waals surface area contributed by atoms with E-state index in [0.29, 0.717) is 5.70 Å². The highest BCUT2D eigenvalue weighted by molar-refractivity contribution is 7.10. The van der Waals surface area contributed by atoms with Crippen LogP contribution in [0.4, 0.5) is 0 Å². The average molecular weight is 204 g/mol. The summed E-state index contributed by atoms with van der Waals surface area (Å²) in [4.78, 5) is 1.46. The van der Waals surface area contributed by atoms with Gasteiger partial charge in [-0.2, -0.15) is 5.26 Å². The predicted molar refractivity (Wildman–Crippen MR) is 58.7 cm³/mol. The molecule has 2 rings (SSSR count). The molecule has 0 saturated heterocycles. The van der Waals surface area contributed by atoms with Crippen LogP contribution < -0.4 is 5.73 Å². The highest BCUT2D eigenvalue weighted by Gasteiger charge is 2.16. The normalized spacial score (nSPS) is 16.1. The molecule has 0 saturated carbocycles. The van der Waals surface area contributed by atoms with Crippen LogP contribution in [0, 0.1) is 11.3 Å². The van der Waals surface area contributed by atoms with Crippen molar-refractivity contribution in [1.29, 1.82) is 5.26 Å². The minimum Gasteiger partial charge on any atom is -0.398 e. The third-order valence-corrected chi connectivity index (χ3v) is 3.68. The molecule has 72 valence electrons. The highest BCUT2D eigenvalue weighted by Crippen LogP contribution is 2.32. The summed E-state index contributed by atoms with van der Waals surface area (Å²) in [5.74, 6) is 0. The Balaban J connectivity index is 2.41. The summed E-state index contributed by atoms with van der Waals surface area (Å²) in [5.41, 5.74) is 8.91. The van der Waals surface area contributed by atoms with Gasteiger partial charge in [0.05, 0.1) is 11.8 Å². The fourth-order valence-corrected chi connectivity index (χ4v) is 3.04. The fraction of sp³-hybridized carbons (Fsp3) is 0.364. The SMILES string of the molecule is N#C/C=C(\N)c1csc2c1CCCC2. The zero-order valence-electron chi connectivity index (χ0n) is 7.92. The van der Waals surface area contributed by atoms with Crippen LogP contribution in [-0.2, 0) is 12.8 Å². The molecule has 1 heterocycles. The topological polar surface area (TPSA) is 49.8 Å². The Morgan fingerprint density at radius 1 is 1.50 bits per heavy atom. The number of nitrogens with zero attached hydrogens (tertiary/aromatic N) is 1. The van der Waals surface area contributed by atoms with E-state index in [1.54, 1.807) is 11.3 Å². The van der Waals surface area contributed by atoms with Crippen molar-refractivity contribution in [2.45, 2.75) is 25.7 Å². The molecular weight excluding hydrogens is 192 g/mol. The lowest BCUT2D eigenvalue weighted by Gasteiger charge is -2.12. The van der Waals surface area contributed by atoms with Gasteiger partial charge in [-0.1, -0.05) is 0 Å². The van der Waals surface area contributed by atoms with Crippen LogP contribution >= 0.6 is 11.3 Å². The number of thiophene rings is 1. The lowest BCUT2D eigenvalue weighted by atomic mass is 9.95. The summed E-state index contributed by atoms with van der Waals surface area (Å²) >= 11 is 1.78. The lowest BCUT2D eigenvalue weighted by molar-refractivity contribution is 0.696. The van der Waals surface area contributed by atoms with Crippen LogP contribution in [-0.4, -0.2) is 0 Å². The molecule has 1 aliphatic carbocycles. The van der Waals surface area contributed by atoms with Crippen LogP contribution in [0.2, 0.25) is 0 Å². The lowest BCUT2D eigenvalue weighted by Crippen LogP contribution is -2.03. The summed E-state index contributed by atoms with van der Waals surface area (Å²) in [6, 6.07) is 1.98. The Kier molecular flexibility index (Phi) is 2.55. The van der Waals surface area contributed by atoms with E-state index in [-0.39, 0.29) is 0 Å². The van der Waals surface area contributed by atoms with Gasteiger partial charge in [0.2, 0.25) is 0 Å². The van der Waals surface area contributed by atoms with Gasteiger partial charge in [-0.3, -0.25) is 0 Å². The second-order valence-corrected chi connectivity index (χ2v) is 4.45. The van der Waals surface area contributed by atoms with E-state index in [9.17, 15) is 0 Å². The first-order chi connectivity index (χ1) is 6.83. The van der Waals surface area contributed by atoms with Crippen LogP contribution in [0.3, 0.4) is 0 Å². The van der Waals surface area contributed by atoms with E-state index in [0.717, 1.165) is 12.0 Å². The van der Waals surface area contributed by atoms with Gasteiger partial charge in [-0.05, 0) is 31.2 Å². The maximum absolute atomic E-state index is 8.54. The molecule has 0 amide bonds. The van der Waals surface area contributed by atoms with E-state index in [2.05, 4.69) is 5.38 Å². The predicted octanol–water partition coefficient (Wildman–Crippen LogP) is 2.45. The average Bonchev–Trinajstić information content (AvgIpc) is 2.61. The number of nitrogens with two attached hydrogens (primary N) is 1. The quantitative estimate of drug-likeness (QED) is 0.714. The molecule has 14 heavy (non-hydrogen) atoms. The van der Waals surface area contributed by atoms with Crippen molar-refractivity contribution in [2.75, 3.05) is 0 Å². The third-order valence-electron chi connectivity index (χ3n) is 2.59. The highest BCUT2D eigenvalue weighted by atomic mass is 32.1. The smallest absolute Gasteiger partial charge is 0.0933 e. The fourth-order valence-electron chi connectivity index (χ4n) is 1.88. The Morgan fingerprint density at radius 2 is 2.29 bits per heavy atom. The molecule has 1 aliphatic rings. The molecule has 0 aromatic carbocycles. The summed E-state index contributed by atoms with van der Waals surface area (Å²) in [5, 5.41) is 10.6. The van der Waals surface area contributed by atoms with Gasteiger partial charge in [0.1, 0.15) is 0 Å². The first-order valence-electron chi connectivity index (χ1n) is 4.78. The zero-order valence-corrected chi connectivity index (χ0v) is 8.73. The molecule has 0 unspecified atom stereocenters. The van der Waals surface area contributed by atoms with Crippen molar-refractivity contribution in [3.63, 3.8) is 0 Å². The van der Waals surface area contributed by atoms with Gasteiger partial charge in [-0.15, -0.1) is 11.3 Å². The monoisotopic (exact) mass is 204 g/mol. The summed E-state index contributed by atoms with van der Waals surface area (Å²) in [7, 11) is 0. The minimum absolute atomic E-state index is 0.617. The van der Waals surface area contributed by atoms with E-state index in [1.165, 1.54) is 35.8 Å². The first kappa shape index (κ1) is 9.29. The van der Waals surface area contributed by atoms with Crippen molar-refractivity contribution in [3.05, 3.63) is 27.5 Å². The second-order valence-electron chi connectivity index (χ2n) is 3.49. The Hall–Kier alpha value is -1.27. The molecular formula is C11H12N2S. The van der Waals surface area contributed by atoms with E-state index >= 15 is 0 Å². The van der Waals surface area contributed by atoms with Gasteiger partial charge in [0.15, 0.2) is 0 Å². The minimum atomic E-state index is 0.617. The van der Waals surface area contributed by atoms with Gasteiger partial charge < -0.3 is 5.73 Å². The van der Waals surface area contributed by atoms with E-state index < -0.39 is 0 Å². The van der Waals surface area contributed by atoms with Crippen LogP contribution in [0.15, 0.2) is 11.5 Å². The van der Waals surface area contributed by atoms with Crippen LogP contribution in [0.1, 0.15) is 28.8 Å². The number of aryl methyl sites for hydroxylation is 1. The molecule has 0 spiro atoms. The number of fused-ring (bicyclic) bond motifs is 1. The van der Waals surface area contributed by atoms with Gasteiger partial charge in [0.25, 0.3) is 0 Å². The van der Waals surface area contributed by atoms with Gasteiger partial charge in [-0.25, -0.2) is 0 Å². The Morgan fingerprint density at radius 3 is 3.07 bits per heavy atom. The summed E-state index contributed by atoms with van der Waals surface area (Å²) in [6.45, 7) is 0. The van der Waals surface area contributed by atoms with Crippen molar-refractivity contribution >= 4 is 17.0 Å². The Bertz CT molecular complexity index is 409. The third kappa shape index (κ3) is 1.53. The van der Waals surface area contributed by atoms with Crippen molar-refractivity contribution in [3.8, 4) is 6.07 Å². The molecule has 2 N–H and O–H groups in total. The summed E-state index contributed by atoms with van der Waals surface area (Å²) < 4.78 is 0. The maximum atomic E-state index is 8.54. The molecule has 0 atom stereocenters. The standard InChI is InChI=1S/C11H12N2S/c12-6-5-10(13)9-7-14-11-4-2-1-3-8(9)11/h5,7H,1-4,13H2/b10-5-. The zero-order chi connectivity index (χ0) is 9.97. The maximum Gasteiger partial charge on any atom is 0.0933 e. The first-order valence-corrected chi connectivity index (χ1v) is 5.65. The molecule has 0 radical (unpaired) electrons. The number of hydrogen-bond donors (Lipinski definition) is 1. The number of nitriles is 1. The molecule has 2 nitrogen and oxygen atoms in total. The number of hydrogen-bond acceptors (Lipinski definition) is 3. The van der Waals surface area contributed by atoms with Crippen molar-refractivity contribution < 1.29 is 0 Å². The summed E-state index contributed by atoms with van der Waals surface area (Å²) in [6.07, 6.45) is 6.26. The van der Waals surface area contributed by atoms with Gasteiger partial charge in [0, 0.05) is 21.9 Å². The van der Waals surface area contributed by atoms with E-state index in [4.69, 9.17) is 11.0 Å². The van der Waals surface area contributed by atoms with Crippen molar-refractivity contribution in [1.82, 2.24) is 0 Å². The van der Waals surface area contributed by atoms with Gasteiger partial charge >= 0.3 is 0 Å².